The number of amides is 2. The summed E-state index contributed by atoms with van der Waals surface area (Å²) in [5, 5.41) is 0.947. The van der Waals surface area contributed by atoms with Gasteiger partial charge in [0.25, 0.3) is 0 Å². The number of carbonyl (C=O) groups is 1. The van der Waals surface area contributed by atoms with E-state index < -0.39 is 6.03 Å². The lowest BCUT2D eigenvalue weighted by molar-refractivity contribution is 0.246. The van der Waals surface area contributed by atoms with E-state index in [1.807, 2.05) is 11.5 Å². The summed E-state index contributed by atoms with van der Waals surface area (Å²) in [6, 6.07) is 6.65. The number of anilines is 1. The quantitative estimate of drug-likeness (QED) is 0.306. The number of urea groups is 1. The molecule has 0 aliphatic carbocycles. The number of nitrogens with two attached hydrogens (primary N) is 2. The Labute approximate surface area is 89.1 Å². The molecule has 2 amide bonds. The minimum absolute atomic E-state index is 0.554. The molecule has 0 atom stereocenters. The second-order valence-electron chi connectivity index (χ2n) is 2.30. The van der Waals surface area contributed by atoms with E-state index in [0.29, 0.717) is 5.69 Å². The zero-order chi connectivity index (χ0) is 9.84. The molecule has 0 saturated heterocycles. The van der Waals surface area contributed by atoms with Gasteiger partial charge in [-0.2, -0.15) is 0 Å². The summed E-state index contributed by atoms with van der Waals surface area (Å²) in [6.07, 6.45) is 0. The fourth-order valence-electron chi connectivity index (χ4n) is 0.813. The van der Waals surface area contributed by atoms with E-state index >= 15 is 0 Å². The van der Waals surface area contributed by atoms with Crippen LogP contribution in [0.15, 0.2) is 24.3 Å². The first-order valence-electron chi connectivity index (χ1n) is 3.46. The summed E-state index contributed by atoms with van der Waals surface area (Å²) in [5.74, 6) is 10.4. The molecule has 5 N–H and O–H groups in total. The molecular weight excluding hydrogens is 283 g/mol. The Kier molecular flexibility index (Phi) is 3.46. The standard InChI is InChI=1S/C7H9IN4O/c8-5-2-1-3-6(4-5)12(10)7(13)11-9/h1-4H,9-10H2,(H,11,13). The highest BCUT2D eigenvalue weighted by atomic mass is 127. The number of hydrogen-bond acceptors (Lipinski definition) is 3. The number of halogens is 1. The maximum atomic E-state index is 11.0. The molecule has 5 nitrogen and oxygen atoms in total. The van der Waals surface area contributed by atoms with Crippen LogP contribution in [0.1, 0.15) is 0 Å². The van der Waals surface area contributed by atoms with Crippen molar-refractivity contribution >= 4 is 34.3 Å². The van der Waals surface area contributed by atoms with Gasteiger partial charge in [0.05, 0.1) is 5.69 Å². The van der Waals surface area contributed by atoms with Gasteiger partial charge in [-0.25, -0.2) is 21.5 Å². The monoisotopic (exact) mass is 292 g/mol. The molecule has 0 radical (unpaired) electrons. The van der Waals surface area contributed by atoms with E-state index in [4.69, 9.17) is 11.7 Å². The summed E-state index contributed by atoms with van der Waals surface area (Å²) in [7, 11) is 0. The van der Waals surface area contributed by atoms with Crippen molar-refractivity contribution in [3.05, 3.63) is 27.8 Å². The highest BCUT2D eigenvalue weighted by molar-refractivity contribution is 14.1. The van der Waals surface area contributed by atoms with Crippen LogP contribution in [0.2, 0.25) is 0 Å². The van der Waals surface area contributed by atoms with Crippen LogP contribution in [-0.2, 0) is 0 Å². The van der Waals surface area contributed by atoms with Crippen LogP contribution < -0.4 is 22.1 Å². The van der Waals surface area contributed by atoms with Gasteiger partial charge >= 0.3 is 6.03 Å². The van der Waals surface area contributed by atoms with Crippen LogP contribution in [0.25, 0.3) is 0 Å². The van der Waals surface area contributed by atoms with Crippen molar-refractivity contribution in [2.45, 2.75) is 0 Å². The van der Waals surface area contributed by atoms with Crippen molar-refractivity contribution in [1.29, 1.82) is 0 Å². The Morgan fingerprint density at radius 3 is 2.77 bits per heavy atom. The predicted molar refractivity (Wildman–Crippen MR) is 58.5 cm³/mol. The van der Waals surface area contributed by atoms with Crippen LogP contribution in [-0.4, -0.2) is 6.03 Å². The molecule has 0 saturated carbocycles. The van der Waals surface area contributed by atoms with Crippen LogP contribution in [0.5, 0.6) is 0 Å². The first kappa shape index (κ1) is 10.2. The maximum Gasteiger partial charge on any atom is 0.350 e. The number of carbonyl (C=O) groups excluding carboxylic acids is 1. The summed E-state index contributed by atoms with van der Waals surface area (Å²) < 4.78 is 0.996. The summed E-state index contributed by atoms with van der Waals surface area (Å²) in [5.41, 5.74) is 2.53. The van der Waals surface area contributed by atoms with E-state index in [9.17, 15) is 4.79 Å². The van der Waals surface area contributed by atoms with Gasteiger partial charge in [0.1, 0.15) is 0 Å². The van der Waals surface area contributed by atoms with Gasteiger partial charge in [-0.15, -0.1) is 0 Å². The van der Waals surface area contributed by atoms with Crippen LogP contribution in [0, 0.1) is 3.57 Å². The molecule has 0 aromatic heterocycles. The SMILES string of the molecule is NNC(=O)N(N)c1cccc(I)c1. The average molecular weight is 292 g/mol. The molecule has 0 fully saturated rings. The van der Waals surface area contributed by atoms with Crippen LogP contribution in [0.3, 0.4) is 0 Å². The molecule has 0 spiro atoms. The van der Waals surface area contributed by atoms with Crippen molar-refractivity contribution in [3.63, 3.8) is 0 Å². The molecule has 0 aliphatic heterocycles. The first-order chi connectivity index (χ1) is 6.15. The highest BCUT2D eigenvalue weighted by Gasteiger charge is 2.08. The topological polar surface area (TPSA) is 84.4 Å². The second kappa shape index (κ2) is 4.40. The normalized spacial score (nSPS) is 9.46. The Morgan fingerprint density at radius 2 is 2.23 bits per heavy atom. The Balaban J connectivity index is 2.88. The van der Waals surface area contributed by atoms with Gasteiger partial charge in [-0.05, 0) is 40.8 Å². The lowest BCUT2D eigenvalue weighted by atomic mass is 10.3. The largest absolute Gasteiger partial charge is 0.350 e. The third kappa shape index (κ3) is 2.54. The Hall–Kier alpha value is -0.860. The number of rotatable bonds is 1. The van der Waals surface area contributed by atoms with Gasteiger partial charge in [-0.1, -0.05) is 6.07 Å². The molecule has 13 heavy (non-hydrogen) atoms. The molecule has 0 aliphatic rings. The number of benzene rings is 1. The maximum absolute atomic E-state index is 11.0. The number of nitrogens with one attached hydrogen (secondary N) is 1. The van der Waals surface area contributed by atoms with Crippen molar-refractivity contribution in [3.8, 4) is 0 Å². The van der Waals surface area contributed by atoms with Gasteiger partial charge in [0, 0.05) is 3.57 Å². The Bertz CT molecular complexity index is 317. The van der Waals surface area contributed by atoms with Crippen molar-refractivity contribution in [1.82, 2.24) is 5.43 Å². The van der Waals surface area contributed by atoms with Crippen molar-refractivity contribution in [2.24, 2.45) is 11.7 Å². The third-order valence-corrected chi connectivity index (χ3v) is 2.10. The van der Waals surface area contributed by atoms with E-state index in [0.717, 1.165) is 8.58 Å². The minimum atomic E-state index is -0.554. The average Bonchev–Trinajstić information content (AvgIpc) is 2.15. The van der Waals surface area contributed by atoms with Gasteiger partial charge in [0.2, 0.25) is 0 Å². The minimum Gasteiger partial charge on any atom is -0.274 e. The summed E-state index contributed by atoms with van der Waals surface area (Å²) >= 11 is 2.13. The van der Waals surface area contributed by atoms with Crippen LogP contribution in [0.4, 0.5) is 10.5 Å². The third-order valence-electron chi connectivity index (χ3n) is 1.43. The molecule has 1 aromatic carbocycles. The lowest BCUT2D eigenvalue weighted by Crippen LogP contribution is -2.47. The van der Waals surface area contributed by atoms with Gasteiger partial charge in [0.15, 0.2) is 0 Å². The van der Waals surface area contributed by atoms with E-state index in [1.165, 1.54) is 0 Å². The van der Waals surface area contributed by atoms with Crippen molar-refractivity contribution in [2.75, 3.05) is 5.01 Å². The fraction of sp³-hybridized carbons (Fsp3) is 0. The first-order valence-corrected chi connectivity index (χ1v) is 4.54. The van der Waals surface area contributed by atoms with Crippen molar-refractivity contribution < 1.29 is 4.79 Å². The molecule has 6 heteroatoms. The summed E-state index contributed by atoms with van der Waals surface area (Å²) in [6.45, 7) is 0. The number of hydrogen-bond donors (Lipinski definition) is 3. The molecule has 1 rings (SSSR count). The smallest absolute Gasteiger partial charge is 0.274 e. The zero-order valence-electron chi connectivity index (χ0n) is 6.70. The lowest BCUT2D eigenvalue weighted by Gasteiger charge is -2.15. The molecular formula is C7H9IN4O. The molecule has 1 aromatic rings. The molecule has 0 bridgehead atoms. The number of nitrogens with zero attached hydrogens (tertiary/aromatic N) is 1. The Morgan fingerprint density at radius 1 is 1.54 bits per heavy atom. The zero-order valence-corrected chi connectivity index (χ0v) is 8.86. The van der Waals surface area contributed by atoms with Gasteiger partial charge < -0.3 is 0 Å². The van der Waals surface area contributed by atoms with E-state index in [2.05, 4.69) is 22.6 Å². The highest BCUT2D eigenvalue weighted by Crippen LogP contribution is 2.14. The van der Waals surface area contributed by atoms with Crippen LogP contribution >= 0.6 is 22.6 Å². The number of hydrazine groups is 2. The molecule has 70 valence electrons. The van der Waals surface area contributed by atoms with E-state index in [-0.39, 0.29) is 0 Å². The predicted octanol–water partition coefficient (Wildman–Crippen LogP) is 0.555. The fourth-order valence-corrected chi connectivity index (χ4v) is 1.34. The molecule has 0 heterocycles. The molecule has 0 unspecified atom stereocenters. The summed E-state index contributed by atoms with van der Waals surface area (Å²) in [4.78, 5) is 11.0. The second-order valence-corrected chi connectivity index (χ2v) is 3.54. The van der Waals surface area contributed by atoms with Gasteiger partial charge in [-0.3, -0.25) is 5.43 Å². The van der Waals surface area contributed by atoms with E-state index in [1.54, 1.807) is 18.2 Å².